The smallest absolute Gasteiger partial charge is 0.231 e. The minimum absolute atomic E-state index is 0.181. The van der Waals surface area contributed by atoms with Crippen molar-refractivity contribution in [2.45, 2.75) is 19.3 Å². The lowest BCUT2D eigenvalue weighted by Crippen LogP contribution is -2.49. The van der Waals surface area contributed by atoms with Crippen LogP contribution in [0, 0.1) is 0 Å². The Morgan fingerprint density at radius 3 is 2.71 bits per heavy atom. The molecule has 1 amide bonds. The van der Waals surface area contributed by atoms with E-state index in [2.05, 4.69) is 25.2 Å². The first-order valence-electron chi connectivity index (χ1n) is 9.43. The Kier molecular flexibility index (Phi) is 5.31. The summed E-state index contributed by atoms with van der Waals surface area (Å²) in [4.78, 5) is 21.1. The molecule has 0 saturated carbocycles. The molecule has 0 aliphatic carbocycles. The minimum atomic E-state index is 0.181. The number of amides is 1. The summed E-state index contributed by atoms with van der Waals surface area (Å²) in [5.74, 6) is 2.40. The zero-order chi connectivity index (χ0) is 19.3. The molecular formula is C19H23N7O2. The third-order valence-electron chi connectivity index (χ3n) is 4.91. The van der Waals surface area contributed by atoms with Crippen LogP contribution in [-0.4, -0.2) is 68.9 Å². The van der Waals surface area contributed by atoms with E-state index in [4.69, 9.17) is 4.74 Å². The predicted molar refractivity (Wildman–Crippen MR) is 103 cm³/mol. The minimum Gasteiger partial charge on any atom is -0.480 e. The molecule has 4 rings (SSSR count). The number of piperazine rings is 1. The Bertz CT molecular complexity index is 936. The maximum atomic E-state index is 12.5. The van der Waals surface area contributed by atoms with Crippen LogP contribution < -0.4 is 9.64 Å². The molecule has 1 saturated heterocycles. The normalized spacial score (nSPS) is 14.5. The van der Waals surface area contributed by atoms with Crippen molar-refractivity contribution in [2.75, 3.05) is 38.2 Å². The summed E-state index contributed by atoms with van der Waals surface area (Å²) in [5, 5.41) is 12.6. The molecule has 146 valence electrons. The second-order valence-electron chi connectivity index (χ2n) is 6.67. The summed E-state index contributed by atoms with van der Waals surface area (Å²) in [5.41, 5.74) is 0.674. The summed E-state index contributed by atoms with van der Waals surface area (Å²) in [6.07, 6.45) is 3.63. The van der Waals surface area contributed by atoms with Gasteiger partial charge < -0.3 is 14.5 Å². The van der Waals surface area contributed by atoms with Gasteiger partial charge in [-0.2, -0.15) is 4.52 Å². The van der Waals surface area contributed by atoms with Crippen molar-refractivity contribution in [1.29, 1.82) is 0 Å². The van der Waals surface area contributed by atoms with E-state index in [-0.39, 0.29) is 5.91 Å². The molecule has 0 aromatic carbocycles. The SMILES string of the molecule is COc1ccc2nnc(CCCC(=O)N3CCN(c4ccccn4)CC3)n2n1. The number of ether oxygens (including phenoxy) is 1. The molecule has 0 N–H and O–H groups in total. The molecule has 1 aliphatic rings. The number of nitrogens with zero attached hydrogens (tertiary/aromatic N) is 7. The fourth-order valence-electron chi connectivity index (χ4n) is 3.36. The quantitative estimate of drug-likeness (QED) is 0.634. The highest BCUT2D eigenvalue weighted by Crippen LogP contribution is 2.14. The van der Waals surface area contributed by atoms with Crippen LogP contribution in [0.5, 0.6) is 5.88 Å². The van der Waals surface area contributed by atoms with Gasteiger partial charge >= 0.3 is 0 Å². The van der Waals surface area contributed by atoms with Crippen LogP contribution >= 0.6 is 0 Å². The van der Waals surface area contributed by atoms with Gasteiger partial charge in [0.25, 0.3) is 0 Å². The van der Waals surface area contributed by atoms with Crippen molar-refractivity contribution in [2.24, 2.45) is 0 Å². The number of aryl methyl sites for hydroxylation is 1. The molecule has 9 nitrogen and oxygen atoms in total. The summed E-state index contributed by atoms with van der Waals surface area (Å²) in [7, 11) is 1.57. The number of rotatable bonds is 6. The summed E-state index contributed by atoms with van der Waals surface area (Å²) in [6, 6.07) is 9.46. The van der Waals surface area contributed by atoms with Gasteiger partial charge in [0.15, 0.2) is 11.5 Å². The number of methoxy groups -OCH3 is 1. The van der Waals surface area contributed by atoms with Gasteiger partial charge in [-0.1, -0.05) is 6.07 Å². The maximum absolute atomic E-state index is 12.5. The average molecular weight is 381 g/mol. The molecule has 0 atom stereocenters. The maximum Gasteiger partial charge on any atom is 0.231 e. The van der Waals surface area contributed by atoms with Crippen LogP contribution in [0.15, 0.2) is 36.5 Å². The van der Waals surface area contributed by atoms with Gasteiger partial charge in [-0.05, 0) is 24.6 Å². The molecular weight excluding hydrogens is 358 g/mol. The van der Waals surface area contributed by atoms with Crippen molar-refractivity contribution in [1.82, 2.24) is 29.7 Å². The van der Waals surface area contributed by atoms with Gasteiger partial charge in [0.1, 0.15) is 5.82 Å². The molecule has 3 aromatic heterocycles. The Morgan fingerprint density at radius 1 is 1.11 bits per heavy atom. The predicted octanol–water partition coefficient (Wildman–Crippen LogP) is 1.20. The number of anilines is 1. The number of hydrogen-bond acceptors (Lipinski definition) is 7. The molecule has 0 radical (unpaired) electrons. The molecule has 9 heteroatoms. The first kappa shape index (κ1) is 18.1. The van der Waals surface area contributed by atoms with Crippen LogP contribution in [0.2, 0.25) is 0 Å². The van der Waals surface area contributed by atoms with Crippen molar-refractivity contribution in [3.8, 4) is 5.88 Å². The lowest BCUT2D eigenvalue weighted by atomic mass is 10.2. The van der Waals surface area contributed by atoms with Gasteiger partial charge in [-0.25, -0.2) is 4.98 Å². The molecule has 0 unspecified atom stereocenters. The van der Waals surface area contributed by atoms with Gasteiger partial charge in [0, 0.05) is 51.3 Å². The Labute approximate surface area is 162 Å². The molecule has 4 heterocycles. The molecule has 0 bridgehead atoms. The summed E-state index contributed by atoms with van der Waals surface area (Å²) in [6.45, 7) is 3.06. The third-order valence-corrected chi connectivity index (χ3v) is 4.91. The highest BCUT2D eigenvalue weighted by atomic mass is 16.5. The highest BCUT2D eigenvalue weighted by Gasteiger charge is 2.21. The Balaban J connectivity index is 1.27. The van der Waals surface area contributed by atoms with Crippen molar-refractivity contribution >= 4 is 17.4 Å². The molecule has 1 aliphatic heterocycles. The molecule has 0 spiro atoms. The topological polar surface area (TPSA) is 88.8 Å². The van der Waals surface area contributed by atoms with Crippen LogP contribution in [0.4, 0.5) is 5.82 Å². The van der Waals surface area contributed by atoms with E-state index in [0.29, 0.717) is 30.8 Å². The van der Waals surface area contributed by atoms with E-state index in [1.807, 2.05) is 29.2 Å². The number of fused-ring (bicyclic) bond motifs is 1. The van der Waals surface area contributed by atoms with Crippen molar-refractivity contribution in [3.05, 3.63) is 42.4 Å². The highest BCUT2D eigenvalue weighted by molar-refractivity contribution is 5.76. The number of aromatic nitrogens is 5. The van der Waals surface area contributed by atoms with Crippen LogP contribution in [0.1, 0.15) is 18.7 Å². The monoisotopic (exact) mass is 381 g/mol. The van der Waals surface area contributed by atoms with Crippen molar-refractivity contribution in [3.63, 3.8) is 0 Å². The number of carbonyl (C=O) groups excluding carboxylic acids is 1. The van der Waals surface area contributed by atoms with Gasteiger partial charge in [-0.15, -0.1) is 15.3 Å². The Hall–Kier alpha value is -3.23. The summed E-state index contributed by atoms with van der Waals surface area (Å²) < 4.78 is 6.83. The zero-order valence-corrected chi connectivity index (χ0v) is 15.9. The average Bonchev–Trinajstić information content (AvgIpc) is 3.16. The Morgan fingerprint density at radius 2 is 1.96 bits per heavy atom. The van der Waals surface area contributed by atoms with E-state index in [1.165, 1.54) is 0 Å². The van der Waals surface area contributed by atoms with E-state index in [0.717, 1.165) is 37.8 Å². The largest absolute Gasteiger partial charge is 0.480 e. The number of pyridine rings is 1. The number of hydrogen-bond donors (Lipinski definition) is 0. The van der Waals surface area contributed by atoms with Crippen molar-refractivity contribution < 1.29 is 9.53 Å². The number of carbonyl (C=O) groups is 1. The van der Waals surface area contributed by atoms with E-state index < -0.39 is 0 Å². The zero-order valence-electron chi connectivity index (χ0n) is 15.9. The standard InChI is InChI=1S/C19H23N7O2/c1-28-18-9-8-17-22-21-16(26(17)23-18)6-4-7-19(27)25-13-11-24(12-14-25)15-5-2-3-10-20-15/h2-3,5,8-10H,4,6-7,11-14H2,1H3. The van der Waals surface area contributed by atoms with E-state index in [9.17, 15) is 4.79 Å². The van der Waals surface area contributed by atoms with Gasteiger partial charge in [0.2, 0.25) is 11.8 Å². The fourth-order valence-corrected chi connectivity index (χ4v) is 3.36. The molecule has 28 heavy (non-hydrogen) atoms. The molecule has 3 aromatic rings. The van der Waals surface area contributed by atoms with Gasteiger partial charge in [0.05, 0.1) is 7.11 Å². The van der Waals surface area contributed by atoms with Crippen LogP contribution in [0.3, 0.4) is 0 Å². The van der Waals surface area contributed by atoms with Crippen LogP contribution in [0.25, 0.3) is 5.65 Å². The third kappa shape index (κ3) is 3.88. The van der Waals surface area contributed by atoms with Gasteiger partial charge in [-0.3, -0.25) is 4.79 Å². The lowest BCUT2D eigenvalue weighted by Gasteiger charge is -2.35. The first-order valence-corrected chi connectivity index (χ1v) is 9.43. The summed E-state index contributed by atoms with van der Waals surface area (Å²) >= 11 is 0. The van der Waals surface area contributed by atoms with E-state index >= 15 is 0 Å². The second-order valence-corrected chi connectivity index (χ2v) is 6.67. The van der Waals surface area contributed by atoms with E-state index in [1.54, 1.807) is 23.9 Å². The second kappa shape index (κ2) is 8.20. The first-order chi connectivity index (χ1) is 13.7. The van der Waals surface area contributed by atoms with Crippen LogP contribution in [-0.2, 0) is 11.2 Å². The fraction of sp³-hybridized carbons (Fsp3) is 0.421. The lowest BCUT2D eigenvalue weighted by molar-refractivity contribution is -0.131. The molecule has 1 fully saturated rings.